The first-order valence-electron chi connectivity index (χ1n) is 9.33. The molecule has 1 fully saturated rings. The number of hydrogen-bond acceptors (Lipinski definition) is 8. The van der Waals surface area contributed by atoms with E-state index in [1.54, 1.807) is 24.8 Å². The number of aromatic nitrogens is 4. The van der Waals surface area contributed by atoms with Gasteiger partial charge in [-0.05, 0) is 43.7 Å². The van der Waals surface area contributed by atoms with Crippen molar-refractivity contribution in [2.24, 2.45) is 0 Å². The van der Waals surface area contributed by atoms with Crippen LogP contribution >= 0.6 is 11.8 Å². The number of ether oxygens (including phenoxy) is 1. The molecule has 8 nitrogen and oxygen atoms in total. The van der Waals surface area contributed by atoms with Crippen LogP contribution in [0, 0.1) is 0 Å². The number of carbonyl (C=O) groups is 2. The van der Waals surface area contributed by atoms with E-state index in [0.29, 0.717) is 22.9 Å². The minimum Gasteiger partial charge on any atom is -0.461 e. The molecule has 150 valence electrons. The lowest BCUT2D eigenvalue weighted by Gasteiger charge is -2.10. The second kappa shape index (κ2) is 8.20. The van der Waals surface area contributed by atoms with Gasteiger partial charge in [-0.15, -0.1) is 0 Å². The third-order valence-electron chi connectivity index (χ3n) is 4.70. The Hall–Kier alpha value is -2.94. The van der Waals surface area contributed by atoms with Crippen molar-refractivity contribution >= 4 is 23.5 Å². The van der Waals surface area contributed by atoms with Crippen LogP contribution in [-0.2, 0) is 10.5 Å². The highest BCUT2D eigenvalue weighted by molar-refractivity contribution is 7.97. The van der Waals surface area contributed by atoms with E-state index in [0.717, 1.165) is 24.0 Å². The zero-order valence-corrected chi connectivity index (χ0v) is 16.9. The number of rotatable bonds is 8. The Balaban J connectivity index is 1.78. The molecule has 0 bridgehead atoms. The minimum absolute atomic E-state index is 0.0480. The number of carbonyl (C=O) groups excluding carboxylic acids is 2. The fourth-order valence-corrected chi connectivity index (χ4v) is 3.75. The van der Waals surface area contributed by atoms with Crippen molar-refractivity contribution in [3.63, 3.8) is 0 Å². The Labute approximate surface area is 171 Å². The maximum absolute atomic E-state index is 13.5. The van der Waals surface area contributed by atoms with Crippen LogP contribution in [0.3, 0.4) is 0 Å². The number of hydrogen-bond donors (Lipinski definition) is 1. The van der Waals surface area contributed by atoms with E-state index in [-0.39, 0.29) is 29.6 Å². The Bertz CT molecular complexity index is 1040. The lowest BCUT2D eigenvalue weighted by atomic mass is 9.95. The van der Waals surface area contributed by atoms with Gasteiger partial charge in [0, 0.05) is 22.8 Å². The summed E-state index contributed by atoms with van der Waals surface area (Å²) < 4.78 is 10.5. The molecule has 0 saturated heterocycles. The van der Waals surface area contributed by atoms with E-state index >= 15 is 0 Å². The average Bonchev–Trinajstić information content (AvgIpc) is 3.24. The number of H-pyrrole nitrogens is 1. The molecule has 4 rings (SSSR count). The van der Waals surface area contributed by atoms with E-state index in [1.807, 2.05) is 18.4 Å². The van der Waals surface area contributed by atoms with Crippen molar-refractivity contribution in [1.82, 2.24) is 20.3 Å². The third-order valence-corrected chi connectivity index (χ3v) is 5.30. The van der Waals surface area contributed by atoms with Crippen LogP contribution in [0.25, 0.3) is 11.4 Å². The first-order chi connectivity index (χ1) is 14.1. The summed E-state index contributed by atoms with van der Waals surface area (Å²) in [5.41, 5.74) is 2.36. The summed E-state index contributed by atoms with van der Waals surface area (Å²) in [6, 6.07) is 5.48. The molecular formula is C20H20N4O4S. The van der Waals surface area contributed by atoms with Gasteiger partial charge in [0.2, 0.25) is 5.69 Å². The molecule has 0 spiro atoms. The summed E-state index contributed by atoms with van der Waals surface area (Å²) in [5, 5.41) is 10.6. The fraction of sp³-hybridized carbons (Fsp3) is 0.350. The molecule has 2 aromatic heterocycles. The van der Waals surface area contributed by atoms with Crippen LogP contribution < -0.4 is 0 Å². The predicted molar refractivity (Wildman–Crippen MR) is 107 cm³/mol. The van der Waals surface area contributed by atoms with E-state index in [9.17, 15) is 9.59 Å². The standard InChI is InChI=1S/C20H20N4O4S/c1-3-27-20(26)16-15(18(28-24-16)11-4-5-11)17(25)14-7-6-12(8-13(14)9-29-2)19-21-10-22-23-19/h6-8,10-11H,3-5,9H2,1-2H3,(H,21,22,23). The Morgan fingerprint density at radius 2 is 2.17 bits per heavy atom. The zero-order valence-electron chi connectivity index (χ0n) is 16.1. The van der Waals surface area contributed by atoms with Crippen LogP contribution in [-0.4, -0.2) is 45.0 Å². The fourth-order valence-electron chi connectivity index (χ4n) is 3.20. The van der Waals surface area contributed by atoms with E-state index in [2.05, 4.69) is 20.3 Å². The van der Waals surface area contributed by atoms with Crippen molar-refractivity contribution in [3.8, 4) is 11.4 Å². The predicted octanol–water partition coefficient (Wildman–Crippen LogP) is 3.61. The summed E-state index contributed by atoms with van der Waals surface area (Å²) in [4.78, 5) is 30.1. The Morgan fingerprint density at radius 3 is 2.83 bits per heavy atom. The number of nitrogens with zero attached hydrogens (tertiary/aromatic N) is 3. The van der Waals surface area contributed by atoms with Gasteiger partial charge in [-0.3, -0.25) is 9.89 Å². The minimum atomic E-state index is -0.642. The van der Waals surface area contributed by atoms with Crippen LogP contribution in [0.5, 0.6) is 0 Å². The lowest BCUT2D eigenvalue weighted by Crippen LogP contribution is -2.14. The molecule has 2 heterocycles. The molecule has 0 atom stereocenters. The summed E-state index contributed by atoms with van der Waals surface area (Å²) in [5.74, 6) is 0.944. The first-order valence-corrected chi connectivity index (χ1v) is 10.7. The van der Waals surface area contributed by atoms with Crippen LogP contribution in [0.4, 0.5) is 0 Å². The SMILES string of the molecule is CCOC(=O)c1noc(C2CC2)c1C(=O)c1ccc(-c2ncn[nH]2)cc1CSC. The molecule has 0 aliphatic heterocycles. The van der Waals surface area contributed by atoms with Crippen LogP contribution in [0.15, 0.2) is 29.0 Å². The molecule has 29 heavy (non-hydrogen) atoms. The van der Waals surface area contributed by atoms with Gasteiger partial charge >= 0.3 is 5.97 Å². The Morgan fingerprint density at radius 1 is 1.34 bits per heavy atom. The zero-order chi connectivity index (χ0) is 20.4. The number of nitrogens with one attached hydrogen (secondary N) is 1. The number of thioether (sulfide) groups is 1. The maximum Gasteiger partial charge on any atom is 0.361 e. The smallest absolute Gasteiger partial charge is 0.361 e. The molecule has 9 heteroatoms. The van der Waals surface area contributed by atoms with Gasteiger partial charge in [-0.1, -0.05) is 11.2 Å². The van der Waals surface area contributed by atoms with Crippen molar-refractivity contribution in [3.05, 3.63) is 52.7 Å². The maximum atomic E-state index is 13.5. The molecule has 0 amide bonds. The normalized spacial score (nSPS) is 13.4. The molecule has 1 aliphatic rings. The number of benzene rings is 1. The summed E-state index contributed by atoms with van der Waals surface area (Å²) >= 11 is 1.60. The summed E-state index contributed by atoms with van der Waals surface area (Å²) in [6.45, 7) is 1.90. The topological polar surface area (TPSA) is 111 Å². The van der Waals surface area contributed by atoms with Gasteiger partial charge in [0.15, 0.2) is 17.4 Å². The molecule has 3 aromatic rings. The highest BCUT2D eigenvalue weighted by Crippen LogP contribution is 2.43. The van der Waals surface area contributed by atoms with Crippen LogP contribution in [0.2, 0.25) is 0 Å². The summed E-state index contributed by atoms with van der Waals surface area (Å²) in [6.07, 6.45) is 5.24. The monoisotopic (exact) mass is 412 g/mol. The molecular weight excluding hydrogens is 392 g/mol. The van der Waals surface area contributed by atoms with E-state index < -0.39 is 5.97 Å². The van der Waals surface area contributed by atoms with Crippen molar-refractivity contribution in [2.45, 2.75) is 31.4 Å². The van der Waals surface area contributed by atoms with Crippen molar-refractivity contribution in [2.75, 3.05) is 12.9 Å². The first kappa shape index (κ1) is 19.4. The quantitative estimate of drug-likeness (QED) is 0.441. The second-order valence-corrected chi connectivity index (χ2v) is 7.60. The third kappa shape index (κ3) is 3.82. The van der Waals surface area contributed by atoms with E-state index in [4.69, 9.17) is 9.26 Å². The number of esters is 1. The number of ketones is 1. The molecule has 1 N–H and O–H groups in total. The molecule has 1 aliphatic carbocycles. The van der Waals surface area contributed by atoms with Gasteiger partial charge in [0.1, 0.15) is 11.9 Å². The molecule has 1 aromatic carbocycles. The van der Waals surface area contributed by atoms with Gasteiger partial charge in [0.05, 0.1) is 6.61 Å². The van der Waals surface area contributed by atoms with Gasteiger partial charge in [-0.25, -0.2) is 9.78 Å². The molecule has 0 unspecified atom stereocenters. The van der Waals surface area contributed by atoms with Crippen molar-refractivity contribution in [1.29, 1.82) is 0 Å². The largest absolute Gasteiger partial charge is 0.461 e. The molecule has 1 saturated carbocycles. The molecule has 0 radical (unpaired) electrons. The van der Waals surface area contributed by atoms with Gasteiger partial charge < -0.3 is 9.26 Å². The average molecular weight is 412 g/mol. The van der Waals surface area contributed by atoms with E-state index in [1.165, 1.54) is 6.33 Å². The van der Waals surface area contributed by atoms with Crippen molar-refractivity contribution < 1.29 is 18.8 Å². The second-order valence-electron chi connectivity index (χ2n) is 6.73. The lowest BCUT2D eigenvalue weighted by molar-refractivity contribution is 0.0512. The van der Waals surface area contributed by atoms with Gasteiger partial charge in [0.25, 0.3) is 0 Å². The Kier molecular flexibility index (Phi) is 5.48. The van der Waals surface area contributed by atoms with Crippen LogP contribution in [0.1, 0.15) is 63.4 Å². The highest BCUT2D eigenvalue weighted by atomic mass is 32.2. The summed E-state index contributed by atoms with van der Waals surface area (Å²) in [7, 11) is 0. The van der Waals surface area contributed by atoms with Gasteiger partial charge in [-0.2, -0.15) is 16.9 Å². The highest BCUT2D eigenvalue weighted by Gasteiger charge is 2.38. The number of aromatic amines is 1.